The van der Waals surface area contributed by atoms with Gasteiger partial charge in [0.1, 0.15) is 0 Å². The van der Waals surface area contributed by atoms with Gasteiger partial charge in [-0.05, 0) is 6.42 Å². The van der Waals surface area contributed by atoms with Gasteiger partial charge in [-0.2, -0.15) is 0 Å². The van der Waals surface area contributed by atoms with E-state index in [-0.39, 0.29) is 32.5 Å². The minimum atomic E-state index is -0.964. The van der Waals surface area contributed by atoms with Crippen LogP contribution in [0.4, 0.5) is 0 Å². The van der Waals surface area contributed by atoms with Gasteiger partial charge in [0, 0.05) is 19.4 Å². The average Bonchev–Trinajstić information content (AvgIpc) is 2.84. The van der Waals surface area contributed by atoms with Gasteiger partial charge in [0.05, 0.1) is 19.4 Å². The molecule has 0 fully saturated rings. The molecule has 35 heavy (non-hydrogen) atoms. The van der Waals surface area contributed by atoms with Crippen molar-refractivity contribution in [2.24, 2.45) is 0 Å². The van der Waals surface area contributed by atoms with Gasteiger partial charge >= 0.3 is 23.9 Å². The number of unbranched alkanes of at least 4 members (excludes halogenated alkanes) is 14. The van der Waals surface area contributed by atoms with Crippen LogP contribution in [0, 0.1) is 0 Å². The van der Waals surface area contributed by atoms with Crippen molar-refractivity contribution >= 4 is 23.9 Å². The number of aliphatic hydroxyl groups is 1. The number of esters is 4. The minimum Gasteiger partial charge on any atom is -0.466 e. The summed E-state index contributed by atoms with van der Waals surface area (Å²) >= 11 is 0. The molecule has 8 nitrogen and oxygen atoms in total. The van der Waals surface area contributed by atoms with E-state index in [0.717, 1.165) is 12.8 Å². The lowest BCUT2D eigenvalue weighted by Crippen LogP contribution is -2.20. The van der Waals surface area contributed by atoms with E-state index in [2.05, 4.69) is 11.7 Å². The highest BCUT2D eigenvalue weighted by Gasteiger charge is 2.15. The zero-order chi connectivity index (χ0) is 26.0. The molecule has 0 aromatic carbocycles. The third kappa shape index (κ3) is 25.0. The van der Waals surface area contributed by atoms with Crippen molar-refractivity contribution in [3.05, 3.63) is 0 Å². The Labute approximate surface area is 211 Å². The number of rotatable bonds is 24. The number of hydrogen-bond acceptors (Lipinski definition) is 8. The highest BCUT2D eigenvalue weighted by molar-refractivity contribution is 5.88. The third-order valence-corrected chi connectivity index (χ3v) is 5.66. The molecule has 0 spiro atoms. The van der Waals surface area contributed by atoms with E-state index in [4.69, 9.17) is 14.6 Å². The highest BCUT2D eigenvalue weighted by Crippen LogP contribution is 2.13. The molecule has 0 unspecified atom stereocenters. The molecule has 0 aliphatic carbocycles. The van der Waals surface area contributed by atoms with Crippen molar-refractivity contribution in [1.82, 2.24) is 0 Å². The molecule has 0 aromatic heterocycles. The van der Waals surface area contributed by atoms with Crippen LogP contribution in [0.15, 0.2) is 0 Å². The molecular weight excluding hydrogens is 452 g/mol. The van der Waals surface area contributed by atoms with Gasteiger partial charge in [-0.25, -0.2) is 4.79 Å². The zero-order valence-corrected chi connectivity index (χ0v) is 21.9. The van der Waals surface area contributed by atoms with Crippen molar-refractivity contribution in [2.45, 2.75) is 129 Å². The smallest absolute Gasteiger partial charge is 0.351 e. The van der Waals surface area contributed by atoms with Crippen LogP contribution in [0.2, 0.25) is 0 Å². The van der Waals surface area contributed by atoms with Gasteiger partial charge in [0.25, 0.3) is 0 Å². The summed E-state index contributed by atoms with van der Waals surface area (Å²) in [5.74, 6) is -2.95. The molecule has 0 aliphatic heterocycles. The summed E-state index contributed by atoms with van der Waals surface area (Å²) in [5.41, 5.74) is 0. The Morgan fingerprint density at radius 2 is 0.971 bits per heavy atom. The largest absolute Gasteiger partial charge is 0.466 e. The summed E-state index contributed by atoms with van der Waals surface area (Å²) in [7, 11) is 0. The third-order valence-electron chi connectivity index (χ3n) is 5.66. The summed E-state index contributed by atoms with van der Waals surface area (Å²) < 4.78 is 14.1. The Morgan fingerprint density at radius 1 is 0.514 bits per heavy atom. The Morgan fingerprint density at radius 3 is 1.49 bits per heavy atom. The Balaban J connectivity index is 3.48. The Bertz CT molecular complexity index is 561. The van der Waals surface area contributed by atoms with Gasteiger partial charge in [-0.15, -0.1) is 0 Å². The predicted molar refractivity (Wildman–Crippen MR) is 133 cm³/mol. The monoisotopic (exact) mass is 500 g/mol. The molecule has 0 rings (SSSR count). The average molecular weight is 501 g/mol. The number of aliphatic hydroxyl groups excluding tert-OH is 1. The van der Waals surface area contributed by atoms with Crippen molar-refractivity contribution in [3.8, 4) is 0 Å². The topological polar surface area (TPSA) is 116 Å². The van der Waals surface area contributed by atoms with E-state index in [1.807, 2.05) is 0 Å². The van der Waals surface area contributed by atoms with Gasteiger partial charge in [0.15, 0.2) is 6.61 Å². The number of hydrogen-bond donors (Lipinski definition) is 1. The second-order valence-electron chi connectivity index (χ2n) is 9.00. The fourth-order valence-electron chi connectivity index (χ4n) is 3.59. The molecule has 0 radical (unpaired) electrons. The summed E-state index contributed by atoms with van der Waals surface area (Å²) in [5, 5.41) is 8.60. The van der Waals surface area contributed by atoms with Crippen LogP contribution >= 0.6 is 0 Å². The molecule has 0 saturated heterocycles. The number of ether oxygens (including phenoxy) is 3. The normalized spacial score (nSPS) is 10.7. The van der Waals surface area contributed by atoms with Gasteiger partial charge in [-0.1, -0.05) is 96.8 Å². The quantitative estimate of drug-likeness (QED) is 0.0791. The fourth-order valence-corrected chi connectivity index (χ4v) is 3.59. The second kappa shape index (κ2) is 25.1. The molecule has 0 atom stereocenters. The van der Waals surface area contributed by atoms with Crippen LogP contribution in [-0.4, -0.2) is 48.8 Å². The SMILES string of the molecule is CCCCCCCCCCCCCCCCCC(=O)OCC(=O)OC(=O)CCC(=O)OCCCO. The van der Waals surface area contributed by atoms with E-state index in [1.165, 1.54) is 77.0 Å². The lowest BCUT2D eigenvalue weighted by molar-refractivity contribution is -0.168. The first-order chi connectivity index (χ1) is 17.0. The van der Waals surface area contributed by atoms with Crippen LogP contribution in [-0.2, 0) is 33.4 Å². The summed E-state index contributed by atoms with van der Waals surface area (Å²) in [4.78, 5) is 46.1. The lowest BCUT2D eigenvalue weighted by Gasteiger charge is -2.06. The lowest BCUT2D eigenvalue weighted by atomic mass is 10.0. The Hall–Kier alpha value is -1.96. The molecular formula is C27H48O8. The molecule has 8 heteroatoms. The van der Waals surface area contributed by atoms with E-state index >= 15 is 0 Å². The van der Waals surface area contributed by atoms with Crippen molar-refractivity contribution < 1.29 is 38.5 Å². The molecule has 1 N–H and O–H groups in total. The maximum Gasteiger partial charge on any atom is 0.351 e. The first-order valence-corrected chi connectivity index (χ1v) is 13.6. The molecule has 0 aliphatic rings. The molecule has 0 saturated carbocycles. The van der Waals surface area contributed by atoms with Crippen molar-refractivity contribution in [3.63, 3.8) is 0 Å². The number of carbonyl (C=O) groups is 4. The minimum absolute atomic E-state index is 0.0681. The van der Waals surface area contributed by atoms with Crippen LogP contribution in [0.3, 0.4) is 0 Å². The van der Waals surface area contributed by atoms with Crippen molar-refractivity contribution in [1.29, 1.82) is 0 Å². The molecule has 0 amide bonds. The summed E-state index contributed by atoms with van der Waals surface area (Å²) in [6.45, 7) is 1.60. The van der Waals surface area contributed by atoms with Crippen LogP contribution in [0.25, 0.3) is 0 Å². The predicted octanol–water partition coefficient (Wildman–Crippen LogP) is 5.57. The Kier molecular flexibility index (Phi) is 23.7. The zero-order valence-electron chi connectivity index (χ0n) is 21.9. The van der Waals surface area contributed by atoms with E-state index < -0.39 is 30.5 Å². The van der Waals surface area contributed by atoms with Gasteiger partial charge < -0.3 is 19.3 Å². The van der Waals surface area contributed by atoms with Crippen molar-refractivity contribution in [2.75, 3.05) is 19.8 Å². The molecule has 0 bridgehead atoms. The molecule has 0 heterocycles. The van der Waals surface area contributed by atoms with Crippen LogP contribution in [0.5, 0.6) is 0 Å². The van der Waals surface area contributed by atoms with E-state index in [1.54, 1.807) is 0 Å². The fraction of sp³-hybridized carbons (Fsp3) is 0.852. The standard InChI is InChI=1S/C27H48O8/c1-2-3-4-5-6-7-8-9-10-11-12-13-14-15-16-18-24(29)34-23-27(32)35-26(31)20-19-25(30)33-22-17-21-28/h28H,2-23H2,1H3. The van der Waals surface area contributed by atoms with E-state index in [9.17, 15) is 19.2 Å². The molecule has 0 aromatic rings. The van der Waals surface area contributed by atoms with Crippen LogP contribution in [0.1, 0.15) is 129 Å². The maximum atomic E-state index is 11.7. The summed E-state index contributed by atoms with van der Waals surface area (Å²) in [6, 6.07) is 0. The second-order valence-corrected chi connectivity index (χ2v) is 9.00. The maximum absolute atomic E-state index is 11.7. The first kappa shape index (κ1) is 33.0. The first-order valence-electron chi connectivity index (χ1n) is 13.6. The highest BCUT2D eigenvalue weighted by atomic mass is 16.6. The van der Waals surface area contributed by atoms with Gasteiger partial charge in [-0.3, -0.25) is 14.4 Å². The van der Waals surface area contributed by atoms with Crippen LogP contribution < -0.4 is 0 Å². The van der Waals surface area contributed by atoms with Gasteiger partial charge in [0.2, 0.25) is 0 Å². The van der Waals surface area contributed by atoms with E-state index in [0.29, 0.717) is 12.8 Å². The molecule has 204 valence electrons. The summed E-state index contributed by atoms with van der Waals surface area (Å²) in [6.07, 6.45) is 18.7. The number of carbonyl (C=O) groups excluding carboxylic acids is 4.